The first-order chi connectivity index (χ1) is 10.7. The van der Waals surface area contributed by atoms with E-state index in [-0.39, 0.29) is 18.7 Å². The molecular weight excluding hydrogens is 278 g/mol. The van der Waals surface area contributed by atoms with E-state index in [0.717, 1.165) is 24.8 Å². The molecule has 0 unspecified atom stereocenters. The fraction of sp³-hybridized carbons (Fsp3) is 0.611. The molecule has 4 heteroatoms. The summed E-state index contributed by atoms with van der Waals surface area (Å²) >= 11 is 0. The monoisotopic (exact) mass is 303 g/mol. The molecule has 0 radical (unpaired) electrons. The first-order valence-corrected chi connectivity index (χ1v) is 8.27. The molecule has 2 bridgehead atoms. The van der Waals surface area contributed by atoms with E-state index in [2.05, 4.69) is 11.9 Å². The Morgan fingerprint density at radius 2 is 1.91 bits per heavy atom. The summed E-state index contributed by atoms with van der Waals surface area (Å²) in [5.74, 6) is -0.863. The number of carbonyl (C=O) groups is 1. The lowest BCUT2D eigenvalue weighted by atomic mass is 9.97. The number of hydrogen-bond acceptors (Lipinski definition) is 4. The van der Waals surface area contributed by atoms with E-state index in [9.17, 15) is 9.90 Å². The zero-order chi connectivity index (χ0) is 15.5. The van der Waals surface area contributed by atoms with Crippen LogP contribution in [0.1, 0.15) is 43.6 Å². The van der Waals surface area contributed by atoms with Gasteiger partial charge in [-0.3, -0.25) is 4.79 Å². The maximum atomic E-state index is 12.4. The highest BCUT2D eigenvalue weighted by atomic mass is 16.5. The van der Waals surface area contributed by atoms with E-state index < -0.39 is 5.92 Å². The van der Waals surface area contributed by atoms with Crippen LogP contribution in [0, 0.1) is 0 Å². The molecular formula is C18H25NO3. The molecule has 0 spiro atoms. The standard InChI is InChI=1S/C18H25NO3/c1-19-14-7-8-15(19)11-16(10-9-14)22-18(21)17(12-20)13-5-3-2-4-6-13/h2-6,14-17,20H,7-12H2,1H3/t14-,15+,16-,17-/m0/s1. The molecule has 2 saturated heterocycles. The number of fused-ring (bicyclic) bond motifs is 2. The van der Waals surface area contributed by atoms with Crippen LogP contribution in [0.2, 0.25) is 0 Å². The Kier molecular flexibility index (Phi) is 4.79. The van der Waals surface area contributed by atoms with Crippen LogP contribution in [-0.2, 0) is 9.53 Å². The van der Waals surface area contributed by atoms with Gasteiger partial charge < -0.3 is 14.7 Å². The van der Waals surface area contributed by atoms with Gasteiger partial charge in [0.1, 0.15) is 12.0 Å². The van der Waals surface area contributed by atoms with Crippen molar-refractivity contribution in [3.05, 3.63) is 35.9 Å². The lowest BCUT2D eigenvalue weighted by Crippen LogP contribution is -2.32. The fourth-order valence-corrected chi connectivity index (χ4v) is 3.88. The molecule has 4 nitrogen and oxygen atoms in total. The third-order valence-electron chi connectivity index (χ3n) is 5.29. The molecule has 1 aromatic rings. The minimum atomic E-state index is -0.570. The SMILES string of the molecule is CN1[C@@H]2CC[C@H](OC(=O)[C@@H](CO)c3ccccc3)C[C@H]1CC2. The highest BCUT2D eigenvalue weighted by Crippen LogP contribution is 2.34. The zero-order valence-corrected chi connectivity index (χ0v) is 13.1. The zero-order valence-electron chi connectivity index (χ0n) is 13.1. The predicted octanol–water partition coefficient (Wildman–Crippen LogP) is 2.32. The summed E-state index contributed by atoms with van der Waals surface area (Å²) in [6.07, 6.45) is 5.42. The minimum Gasteiger partial charge on any atom is -0.462 e. The number of hydrogen-bond donors (Lipinski definition) is 1. The number of aliphatic hydroxyl groups excluding tert-OH is 1. The average molecular weight is 303 g/mol. The number of esters is 1. The topological polar surface area (TPSA) is 49.8 Å². The van der Waals surface area contributed by atoms with Crippen LogP contribution in [-0.4, -0.2) is 47.8 Å². The number of benzene rings is 1. The quantitative estimate of drug-likeness (QED) is 0.867. The molecule has 0 aromatic heterocycles. The van der Waals surface area contributed by atoms with Crippen molar-refractivity contribution < 1.29 is 14.6 Å². The number of nitrogens with zero attached hydrogens (tertiary/aromatic N) is 1. The van der Waals surface area contributed by atoms with Crippen molar-refractivity contribution >= 4 is 5.97 Å². The van der Waals surface area contributed by atoms with Gasteiger partial charge in [-0.15, -0.1) is 0 Å². The second-order valence-electron chi connectivity index (χ2n) is 6.57. The van der Waals surface area contributed by atoms with Crippen LogP contribution in [0.3, 0.4) is 0 Å². The largest absolute Gasteiger partial charge is 0.462 e. The van der Waals surface area contributed by atoms with E-state index in [1.165, 1.54) is 12.8 Å². The number of aliphatic hydroxyl groups is 1. The van der Waals surface area contributed by atoms with Crippen molar-refractivity contribution in [3.8, 4) is 0 Å². The highest BCUT2D eigenvalue weighted by Gasteiger charge is 2.37. The molecule has 4 atom stereocenters. The number of ether oxygens (including phenoxy) is 1. The summed E-state index contributed by atoms with van der Waals surface area (Å²) < 4.78 is 5.75. The summed E-state index contributed by atoms with van der Waals surface area (Å²) in [6.45, 7) is -0.207. The van der Waals surface area contributed by atoms with Crippen molar-refractivity contribution in [3.63, 3.8) is 0 Å². The van der Waals surface area contributed by atoms with Gasteiger partial charge in [-0.2, -0.15) is 0 Å². The van der Waals surface area contributed by atoms with E-state index in [4.69, 9.17) is 4.74 Å². The Bertz CT molecular complexity index is 504. The Balaban J connectivity index is 1.63. The normalized spacial score (nSPS) is 29.8. The molecule has 1 aromatic carbocycles. The molecule has 2 fully saturated rings. The van der Waals surface area contributed by atoms with Crippen molar-refractivity contribution in [2.45, 2.75) is 56.2 Å². The lowest BCUT2D eigenvalue weighted by molar-refractivity contribution is -0.152. The van der Waals surface area contributed by atoms with Gasteiger partial charge in [0, 0.05) is 12.1 Å². The number of carbonyl (C=O) groups excluding carboxylic acids is 1. The van der Waals surface area contributed by atoms with Gasteiger partial charge in [0.15, 0.2) is 0 Å². The molecule has 22 heavy (non-hydrogen) atoms. The maximum Gasteiger partial charge on any atom is 0.316 e. The maximum absolute atomic E-state index is 12.4. The molecule has 2 heterocycles. The number of rotatable bonds is 4. The second kappa shape index (κ2) is 6.80. The molecule has 120 valence electrons. The van der Waals surface area contributed by atoms with E-state index >= 15 is 0 Å². The van der Waals surface area contributed by atoms with Crippen LogP contribution < -0.4 is 0 Å². The van der Waals surface area contributed by atoms with Gasteiger partial charge in [-0.05, 0) is 44.7 Å². The Morgan fingerprint density at radius 3 is 2.64 bits per heavy atom. The van der Waals surface area contributed by atoms with Gasteiger partial charge in [-0.1, -0.05) is 30.3 Å². The summed E-state index contributed by atoms with van der Waals surface area (Å²) in [4.78, 5) is 14.9. The molecule has 0 saturated carbocycles. The van der Waals surface area contributed by atoms with Crippen LogP contribution in [0.5, 0.6) is 0 Å². The van der Waals surface area contributed by atoms with Crippen LogP contribution in [0.15, 0.2) is 30.3 Å². The van der Waals surface area contributed by atoms with Crippen molar-refractivity contribution in [2.75, 3.05) is 13.7 Å². The molecule has 0 amide bonds. The molecule has 1 N–H and O–H groups in total. The molecule has 2 aliphatic heterocycles. The molecule has 3 rings (SSSR count). The third kappa shape index (κ3) is 3.18. The Morgan fingerprint density at radius 1 is 1.23 bits per heavy atom. The van der Waals surface area contributed by atoms with Crippen molar-refractivity contribution in [2.24, 2.45) is 0 Å². The van der Waals surface area contributed by atoms with Crippen LogP contribution >= 0.6 is 0 Å². The van der Waals surface area contributed by atoms with Gasteiger partial charge in [0.05, 0.1) is 6.61 Å². The minimum absolute atomic E-state index is 0.0111. The Labute approximate surface area is 132 Å². The second-order valence-corrected chi connectivity index (χ2v) is 6.57. The summed E-state index contributed by atoms with van der Waals surface area (Å²) in [6, 6.07) is 10.6. The Hall–Kier alpha value is -1.39. The lowest BCUT2D eigenvalue weighted by Gasteiger charge is -2.24. The average Bonchev–Trinajstić information content (AvgIpc) is 2.77. The van der Waals surface area contributed by atoms with Gasteiger partial charge in [-0.25, -0.2) is 0 Å². The van der Waals surface area contributed by atoms with E-state index in [1.807, 2.05) is 30.3 Å². The van der Waals surface area contributed by atoms with Gasteiger partial charge >= 0.3 is 5.97 Å². The van der Waals surface area contributed by atoms with Gasteiger partial charge in [0.2, 0.25) is 0 Å². The van der Waals surface area contributed by atoms with Crippen LogP contribution in [0.4, 0.5) is 0 Å². The van der Waals surface area contributed by atoms with Crippen molar-refractivity contribution in [1.29, 1.82) is 0 Å². The summed E-state index contributed by atoms with van der Waals surface area (Å²) in [5, 5.41) is 9.57. The fourth-order valence-electron chi connectivity index (χ4n) is 3.88. The third-order valence-corrected chi connectivity index (χ3v) is 5.29. The highest BCUT2D eigenvalue weighted by molar-refractivity contribution is 5.78. The predicted molar refractivity (Wildman–Crippen MR) is 84.6 cm³/mol. The van der Waals surface area contributed by atoms with Crippen LogP contribution in [0.25, 0.3) is 0 Å². The molecule has 2 aliphatic rings. The summed E-state index contributed by atoms with van der Waals surface area (Å²) in [5.41, 5.74) is 0.822. The first-order valence-electron chi connectivity index (χ1n) is 8.27. The first kappa shape index (κ1) is 15.5. The van der Waals surface area contributed by atoms with Gasteiger partial charge in [0.25, 0.3) is 0 Å². The summed E-state index contributed by atoms with van der Waals surface area (Å²) in [7, 11) is 2.19. The smallest absolute Gasteiger partial charge is 0.316 e. The van der Waals surface area contributed by atoms with Crippen molar-refractivity contribution in [1.82, 2.24) is 4.90 Å². The molecule has 0 aliphatic carbocycles. The van der Waals surface area contributed by atoms with E-state index in [1.54, 1.807) is 0 Å². The van der Waals surface area contributed by atoms with E-state index in [0.29, 0.717) is 12.1 Å².